The van der Waals surface area contributed by atoms with E-state index in [1.807, 2.05) is 37.3 Å². The molecule has 1 fully saturated rings. The van der Waals surface area contributed by atoms with E-state index in [4.69, 9.17) is 4.74 Å². The Bertz CT molecular complexity index is 490. The van der Waals surface area contributed by atoms with E-state index in [0.717, 1.165) is 18.4 Å². The van der Waals surface area contributed by atoms with Crippen LogP contribution in [0.15, 0.2) is 30.3 Å². The third-order valence-corrected chi connectivity index (χ3v) is 3.69. The molecule has 1 amide bonds. The van der Waals surface area contributed by atoms with Crippen LogP contribution in [0.25, 0.3) is 0 Å². The summed E-state index contributed by atoms with van der Waals surface area (Å²) in [5, 5.41) is 12.7. The highest BCUT2D eigenvalue weighted by atomic mass is 16.6. The molecule has 0 bridgehead atoms. The van der Waals surface area contributed by atoms with Crippen LogP contribution < -0.4 is 5.32 Å². The fourth-order valence-corrected chi connectivity index (χ4v) is 2.53. The van der Waals surface area contributed by atoms with E-state index in [-0.39, 0.29) is 18.2 Å². The summed E-state index contributed by atoms with van der Waals surface area (Å²) < 4.78 is 5.00. The van der Waals surface area contributed by atoms with Gasteiger partial charge in [0.15, 0.2) is 0 Å². The molecule has 0 aliphatic carbocycles. The Morgan fingerprint density at radius 3 is 2.67 bits per heavy atom. The summed E-state index contributed by atoms with van der Waals surface area (Å²) in [6.07, 6.45) is 1.43. The van der Waals surface area contributed by atoms with Crippen molar-refractivity contribution in [1.29, 1.82) is 5.26 Å². The van der Waals surface area contributed by atoms with Crippen LogP contribution in [0.4, 0.5) is 4.79 Å². The van der Waals surface area contributed by atoms with Gasteiger partial charge in [0, 0.05) is 19.1 Å². The van der Waals surface area contributed by atoms with Gasteiger partial charge in [-0.15, -0.1) is 0 Å². The molecular weight excluding hydrogens is 266 g/mol. The number of ether oxygens (including phenoxy) is 1. The lowest BCUT2D eigenvalue weighted by Gasteiger charge is -2.32. The number of carbonyl (C=O) groups is 1. The molecule has 0 radical (unpaired) electrons. The molecule has 1 aromatic carbocycles. The molecule has 21 heavy (non-hydrogen) atoms. The second kappa shape index (κ2) is 7.65. The highest BCUT2D eigenvalue weighted by Gasteiger charge is 2.25. The zero-order valence-corrected chi connectivity index (χ0v) is 12.3. The maximum Gasteiger partial charge on any atom is 0.409 e. The molecule has 5 heteroatoms. The standard InChI is InChI=1S/C16H21N3O2/c1-2-21-16(20)19-10-8-14(9-11-19)18-15(12-17)13-6-4-3-5-7-13/h3-7,14-15,18H,2,8-11H2,1H3. The molecule has 0 spiro atoms. The maximum absolute atomic E-state index is 11.6. The van der Waals surface area contributed by atoms with Crippen LogP contribution in [0.5, 0.6) is 0 Å². The first-order valence-corrected chi connectivity index (χ1v) is 7.37. The smallest absolute Gasteiger partial charge is 0.409 e. The first-order valence-electron chi connectivity index (χ1n) is 7.37. The van der Waals surface area contributed by atoms with Crippen LogP contribution in [-0.4, -0.2) is 36.7 Å². The predicted octanol–water partition coefficient (Wildman–Crippen LogP) is 2.46. The van der Waals surface area contributed by atoms with Crippen molar-refractivity contribution < 1.29 is 9.53 Å². The fraction of sp³-hybridized carbons (Fsp3) is 0.500. The van der Waals surface area contributed by atoms with Gasteiger partial charge in [-0.3, -0.25) is 5.32 Å². The van der Waals surface area contributed by atoms with Gasteiger partial charge in [-0.05, 0) is 25.3 Å². The van der Waals surface area contributed by atoms with Gasteiger partial charge in [0.25, 0.3) is 0 Å². The third kappa shape index (κ3) is 4.20. The monoisotopic (exact) mass is 287 g/mol. The molecule has 0 aromatic heterocycles. The highest BCUT2D eigenvalue weighted by molar-refractivity contribution is 5.67. The first kappa shape index (κ1) is 15.3. The number of hydrogen-bond acceptors (Lipinski definition) is 4. The van der Waals surface area contributed by atoms with Crippen molar-refractivity contribution in [3.63, 3.8) is 0 Å². The molecule has 1 unspecified atom stereocenters. The second-order valence-corrected chi connectivity index (χ2v) is 5.10. The topological polar surface area (TPSA) is 65.4 Å². The van der Waals surface area contributed by atoms with Gasteiger partial charge < -0.3 is 9.64 Å². The minimum absolute atomic E-state index is 0.240. The van der Waals surface area contributed by atoms with Crippen molar-refractivity contribution in [3.05, 3.63) is 35.9 Å². The van der Waals surface area contributed by atoms with Crippen LogP contribution in [0, 0.1) is 11.3 Å². The van der Waals surface area contributed by atoms with Crippen LogP contribution in [0.1, 0.15) is 31.4 Å². The van der Waals surface area contributed by atoms with Crippen LogP contribution in [-0.2, 0) is 4.74 Å². The van der Waals surface area contributed by atoms with E-state index in [0.29, 0.717) is 19.7 Å². The predicted molar refractivity (Wildman–Crippen MR) is 79.5 cm³/mol. The lowest BCUT2D eigenvalue weighted by molar-refractivity contribution is 0.0947. The molecule has 0 saturated carbocycles. The van der Waals surface area contributed by atoms with Crippen molar-refractivity contribution >= 4 is 6.09 Å². The van der Waals surface area contributed by atoms with Gasteiger partial charge in [0.1, 0.15) is 6.04 Å². The quantitative estimate of drug-likeness (QED) is 0.924. The van der Waals surface area contributed by atoms with Crippen LogP contribution in [0.2, 0.25) is 0 Å². The van der Waals surface area contributed by atoms with E-state index in [9.17, 15) is 10.1 Å². The summed E-state index contributed by atoms with van der Waals surface area (Å²) in [7, 11) is 0. The number of nitriles is 1. The summed E-state index contributed by atoms with van der Waals surface area (Å²) in [5.74, 6) is 0. The van der Waals surface area contributed by atoms with Crippen LogP contribution >= 0.6 is 0 Å². The van der Waals surface area contributed by atoms with Gasteiger partial charge in [-0.1, -0.05) is 30.3 Å². The van der Waals surface area contributed by atoms with Gasteiger partial charge >= 0.3 is 6.09 Å². The summed E-state index contributed by atoms with van der Waals surface area (Å²) in [4.78, 5) is 13.4. The molecule has 5 nitrogen and oxygen atoms in total. The van der Waals surface area contributed by atoms with E-state index in [1.165, 1.54) is 0 Å². The highest BCUT2D eigenvalue weighted by Crippen LogP contribution is 2.17. The van der Waals surface area contributed by atoms with Gasteiger partial charge in [-0.2, -0.15) is 5.26 Å². The first-order chi connectivity index (χ1) is 10.2. The Morgan fingerprint density at radius 2 is 2.10 bits per heavy atom. The number of piperidine rings is 1. The van der Waals surface area contributed by atoms with E-state index >= 15 is 0 Å². The normalized spacial score (nSPS) is 17.0. The van der Waals surface area contributed by atoms with Crippen LogP contribution in [0.3, 0.4) is 0 Å². The Kier molecular flexibility index (Phi) is 5.59. The average Bonchev–Trinajstić information content (AvgIpc) is 2.54. The number of rotatable bonds is 4. The molecule has 112 valence electrons. The molecule has 1 aromatic rings. The Labute approximate surface area is 125 Å². The van der Waals surface area contributed by atoms with Crippen molar-refractivity contribution in [3.8, 4) is 6.07 Å². The molecular formula is C16H21N3O2. The molecule has 1 saturated heterocycles. The lowest BCUT2D eigenvalue weighted by Crippen LogP contribution is -2.45. The summed E-state index contributed by atoms with van der Waals surface area (Å²) in [6, 6.07) is 12.0. The van der Waals surface area contributed by atoms with Crippen molar-refractivity contribution in [1.82, 2.24) is 10.2 Å². The number of hydrogen-bond donors (Lipinski definition) is 1. The fourth-order valence-electron chi connectivity index (χ4n) is 2.53. The number of amides is 1. The Morgan fingerprint density at radius 1 is 1.43 bits per heavy atom. The summed E-state index contributed by atoms with van der Waals surface area (Å²) >= 11 is 0. The molecule has 1 aliphatic heterocycles. The minimum atomic E-state index is -0.301. The Hall–Kier alpha value is -2.06. The van der Waals surface area contributed by atoms with E-state index in [1.54, 1.807) is 4.90 Å². The molecule has 1 atom stereocenters. The van der Waals surface area contributed by atoms with Crippen molar-refractivity contribution in [2.24, 2.45) is 0 Å². The number of nitrogens with one attached hydrogen (secondary N) is 1. The summed E-state index contributed by atoms with van der Waals surface area (Å²) in [5.41, 5.74) is 0.979. The number of likely N-dealkylation sites (tertiary alicyclic amines) is 1. The zero-order chi connectivity index (χ0) is 15.1. The molecule has 2 rings (SSSR count). The molecule has 1 aliphatic rings. The average molecular weight is 287 g/mol. The molecule has 1 N–H and O–H groups in total. The summed E-state index contributed by atoms with van der Waals surface area (Å²) in [6.45, 7) is 3.55. The minimum Gasteiger partial charge on any atom is -0.450 e. The number of carbonyl (C=O) groups excluding carboxylic acids is 1. The largest absolute Gasteiger partial charge is 0.450 e. The number of nitrogens with zero attached hydrogens (tertiary/aromatic N) is 2. The molecule has 1 heterocycles. The van der Waals surface area contributed by atoms with E-state index in [2.05, 4.69) is 11.4 Å². The van der Waals surface area contributed by atoms with Gasteiger partial charge in [-0.25, -0.2) is 4.79 Å². The van der Waals surface area contributed by atoms with Gasteiger partial charge in [0.2, 0.25) is 0 Å². The SMILES string of the molecule is CCOC(=O)N1CCC(NC(C#N)c2ccccc2)CC1. The van der Waals surface area contributed by atoms with Crippen molar-refractivity contribution in [2.75, 3.05) is 19.7 Å². The Balaban J connectivity index is 1.85. The maximum atomic E-state index is 11.6. The van der Waals surface area contributed by atoms with Gasteiger partial charge in [0.05, 0.1) is 12.7 Å². The second-order valence-electron chi connectivity index (χ2n) is 5.10. The lowest BCUT2D eigenvalue weighted by atomic mass is 10.0. The van der Waals surface area contributed by atoms with E-state index < -0.39 is 0 Å². The number of benzene rings is 1. The zero-order valence-electron chi connectivity index (χ0n) is 12.3. The third-order valence-electron chi connectivity index (χ3n) is 3.69. The van der Waals surface area contributed by atoms with Crippen molar-refractivity contribution in [2.45, 2.75) is 31.8 Å².